The lowest BCUT2D eigenvalue weighted by Crippen LogP contribution is -2.43. The van der Waals surface area contributed by atoms with E-state index < -0.39 is 11.4 Å². The van der Waals surface area contributed by atoms with Gasteiger partial charge in [-0.3, -0.25) is 4.79 Å². The number of fused-ring (bicyclic) bond motifs is 1. The highest BCUT2D eigenvalue weighted by Gasteiger charge is 2.44. The van der Waals surface area contributed by atoms with Crippen molar-refractivity contribution < 1.29 is 9.90 Å². The van der Waals surface area contributed by atoms with Crippen LogP contribution in [0.5, 0.6) is 0 Å². The van der Waals surface area contributed by atoms with Crippen molar-refractivity contribution in [2.45, 2.75) is 18.8 Å². The zero-order valence-corrected chi connectivity index (χ0v) is 6.87. The maximum Gasteiger partial charge on any atom is 0.314 e. The van der Waals surface area contributed by atoms with Gasteiger partial charge in [0.2, 0.25) is 0 Å². The van der Waals surface area contributed by atoms with Crippen LogP contribution in [-0.4, -0.2) is 11.1 Å². The Morgan fingerprint density at radius 2 is 2.17 bits per heavy atom. The lowest BCUT2D eigenvalue weighted by molar-refractivity contribution is -0.144. The predicted molar refractivity (Wildman–Crippen MR) is 45.1 cm³/mol. The Kier molecular flexibility index (Phi) is 1.28. The molecule has 1 aliphatic rings. The van der Waals surface area contributed by atoms with Gasteiger partial charge in [-0.05, 0) is 24.5 Å². The summed E-state index contributed by atoms with van der Waals surface area (Å²) in [4.78, 5) is 10.9. The van der Waals surface area contributed by atoms with Gasteiger partial charge < -0.3 is 5.11 Å². The third-order valence-electron chi connectivity index (χ3n) is 2.63. The molecule has 12 heavy (non-hydrogen) atoms. The molecule has 0 amide bonds. The summed E-state index contributed by atoms with van der Waals surface area (Å²) in [5, 5.41) is 8.94. The summed E-state index contributed by atoms with van der Waals surface area (Å²) in [6.45, 7) is 1.78. The van der Waals surface area contributed by atoms with Gasteiger partial charge in [-0.25, -0.2) is 0 Å². The standard InChI is InChI=1S/C10H10O2/c1-10(9(11)12)6-7-4-2-3-5-8(7)10/h2-5H,6H2,1H3,(H,11,12)/t10-/m1/s1. The molecule has 0 radical (unpaired) electrons. The maximum absolute atomic E-state index is 10.9. The first-order valence-corrected chi connectivity index (χ1v) is 3.96. The molecule has 2 nitrogen and oxygen atoms in total. The molecule has 0 heterocycles. The van der Waals surface area contributed by atoms with E-state index in [0.29, 0.717) is 6.42 Å². The van der Waals surface area contributed by atoms with Gasteiger partial charge in [0.05, 0.1) is 5.41 Å². The van der Waals surface area contributed by atoms with Crippen LogP contribution < -0.4 is 0 Å². The Balaban J connectivity index is 2.48. The molecule has 1 aromatic carbocycles. The zero-order valence-electron chi connectivity index (χ0n) is 6.87. The molecule has 2 rings (SSSR count). The first kappa shape index (κ1) is 7.35. The quantitative estimate of drug-likeness (QED) is 0.680. The normalized spacial score (nSPS) is 25.8. The van der Waals surface area contributed by atoms with Crippen molar-refractivity contribution in [3.63, 3.8) is 0 Å². The zero-order chi connectivity index (χ0) is 8.77. The fraction of sp³-hybridized carbons (Fsp3) is 0.300. The molecule has 0 saturated carbocycles. The van der Waals surface area contributed by atoms with Gasteiger partial charge in [-0.15, -0.1) is 0 Å². The van der Waals surface area contributed by atoms with Crippen LogP contribution >= 0.6 is 0 Å². The monoisotopic (exact) mass is 162 g/mol. The van der Waals surface area contributed by atoms with Gasteiger partial charge in [0, 0.05) is 0 Å². The van der Waals surface area contributed by atoms with Crippen LogP contribution in [0.4, 0.5) is 0 Å². The molecule has 62 valence electrons. The summed E-state index contributed by atoms with van der Waals surface area (Å²) in [7, 11) is 0. The molecule has 0 saturated heterocycles. The third kappa shape index (κ3) is 0.721. The van der Waals surface area contributed by atoms with Gasteiger partial charge in [0.15, 0.2) is 0 Å². The molecule has 0 aromatic heterocycles. The SMILES string of the molecule is C[C@@]1(C(=O)O)Cc2ccccc21. The van der Waals surface area contributed by atoms with E-state index >= 15 is 0 Å². The van der Waals surface area contributed by atoms with E-state index in [1.54, 1.807) is 6.92 Å². The lowest BCUT2D eigenvalue weighted by atomic mass is 9.65. The highest BCUT2D eigenvalue weighted by molar-refractivity contribution is 5.85. The van der Waals surface area contributed by atoms with Crippen LogP contribution in [0.15, 0.2) is 24.3 Å². The van der Waals surface area contributed by atoms with Crippen molar-refractivity contribution in [1.29, 1.82) is 0 Å². The van der Waals surface area contributed by atoms with Crippen LogP contribution in [0.25, 0.3) is 0 Å². The van der Waals surface area contributed by atoms with Gasteiger partial charge in [-0.2, -0.15) is 0 Å². The van der Waals surface area contributed by atoms with Crippen molar-refractivity contribution in [2.24, 2.45) is 0 Å². The number of aliphatic carboxylic acids is 1. The van der Waals surface area contributed by atoms with Crippen LogP contribution in [0.2, 0.25) is 0 Å². The average Bonchev–Trinajstić information content (AvgIpc) is 2.02. The van der Waals surface area contributed by atoms with E-state index in [2.05, 4.69) is 0 Å². The number of hydrogen-bond acceptors (Lipinski definition) is 1. The maximum atomic E-state index is 10.9. The van der Waals surface area contributed by atoms with E-state index in [4.69, 9.17) is 5.11 Å². The van der Waals surface area contributed by atoms with E-state index in [-0.39, 0.29) is 0 Å². The van der Waals surface area contributed by atoms with Gasteiger partial charge in [-0.1, -0.05) is 24.3 Å². The fourth-order valence-electron chi connectivity index (χ4n) is 1.77. The minimum atomic E-state index is -0.721. The van der Waals surface area contributed by atoms with E-state index in [1.165, 1.54) is 5.56 Å². The van der Waals surface area contributed by atoms with Crippen LogP contribution in [0, 0.1) is 0 Å². The van der Waals surface area contributed by atoms with Crippen LogP contribution in [0.3, 0.4) is 0 Å². The molecule has 2 heteroatoms. The predicted octanol–water partition coefficient (Wildman–Crippen LogP) is 1.58. The molecular formula is C10H10O2. The molecule has 0 aliphatic heterocycles. The Hall–Kier alpha value is -1.31. The summed E-state index contributed by atoms with van der Waals surface area (Å²) in [6.07, 6.45) is 0.665. The second kappa shape index (κ2) is 2.09. The fourth-order valence-corrected chi connectivity index (χ4v) is 1.77. The minimum absolute atomic E-state index is 0.628. The highest BCUT2D eigenvalue weighted by Crippen LogP contribution is 2.40. The second-order valence-electron chi connectivity index (χ2n) is 3.47. The summed E-state index contributed by atoms with van der Waals surface area (Å²) >= 11 is 0. The molecule has 1 N–H and O–H groups in total. The summed E-state index contributed by atoms with van der Waals surface area (Å²) in [5.74, 6) is -0.721. The Labute approximate surface area is 70.8 Å². The first-order chi connectivity index (χ1) is 5.64. The van der Waals surface area contributed by atoms with Crippen molar-refractivity contribution >= 4 is 5.97 Å². The molecule has 1 aromatic rings. The van der Waals surface area contributed by atoms with Crippen molar-refractivity contribution in [2.75, 3.05) is 0 Å². The molecular weight excluding hydrogens is 152 g/mol. The number of hydrogen-bond donors (Lipinski definition) is 1. The lowest BCUT2D eigenvalue weighted by Gasteiger charge is -2.37. The van der Waals surface area contributed by atoms with Crippen LogP contribution in [-0.2, 0) is 16.6 Å². The molecule has 1 atom stereocenters. The number of carboxylic acid groups (broad SMARTS) is 1. The Morgan fingerprint density at radius 1 is 1.50 bits per heavy atom. The Morgan fingerprint density at radius 3 is 2.75 bits per heavy atom. The second-order valence-corrected chi connectivity index (χ2v) is 3.47. The van der Waals surface area contributed by atoms with Gasteiger partial charge in [0.1, 0.15) is 0 Å². The van der Waals surface area contributed by atoms with Gasteiger partial charge >= 0.3 is 5.97 Å². The van der Waals surface area contributed by atoms with Crippen molar-refractivity contribution in [3.05, 3.63) is 35.4 Å². The molecule has 0 unspecified atom stereocenters. The van der Waals surface area contributed by atoms with Crippen molar-refractivity contribution in [3.8, 4) is 0 Å². The van der Waals surface area contributed by atoms with Crippen molar-refractivity contribution in [1.82, 2.24) is 0 Å². The summed E-state index contributed by atoms with van der Waals surface area (Å²) in [5.41, 5.74) is 1.51. The summed E-state index contributed by atoms with van der Waals surface area (Å²) < 4.78 is 0. The van der Waals surface area contributed by atoms with Gasteiger partial charge in [0.25, 0.3) is 0 Å². The van der Waals surface area contributed by atoms with E-state index in [0.717, 1.165) is 5.56 Å². The number of carbonyl (C=O) groups is 1. The summed E-state index contributed by atoms with van der Waals surface area (Å²) in [6, 6.07) is 7.71. The van der Waals surface area contributed by atoms with Crippen LogP contribution in [0.1, 0.15) is 18.1 Å². The average molecular weight is 162 g/mol. The molecule has 0 bridgehead atoms. The minimum Gasteiger partial charge on any atom is -0.481 e. The topological polar surface area (TPSA) is 37.3 Å². The largest absolute Gasteiger partial charge is 0.481 e. The number of carboxylic acids is 1. The van der Waals surface area contributed by atoms with E-state index in [1.807, 2.05) is 24.3 Å². The molecule has 1 aliphatic carbocycles. The highest BCUT2D eigenvalue weighted by atomic mass is 16.4. The number of benzene rings is 1. The Bertz CT molecular complexity index is 343. The smallest absolute Gasteiger partial charge is 0.314 e. The first-order valence-electron chi connectivity index (χ1n) is 3.96. The number of rotatable bonds is 1. The van der Waals surface area contributed by atoms with E-state index in [9.17, 15) is 4.79 Å². The third-order valence-corrected chi connectivity index (χ3v) is 2.63. The molecule has 0 spiro atoms. The molecule has 0 fully saturated rings.